The summed E-state index contributed by atoms with van der Waals surface area (Å²) >= 11 is 0. The lowest BCUT2D eigenvalue weighted by atomic mass is 10.1. The molecule has 0 fully saturated rings. The van der Waals surface area contributed by atoms with Crippen LogP contribution in [0.25, 0.3) is 5.57 Å². The molecule has 0 bridgehead atoms. The average Bonchev–Trinajstić information content (AvgIpc) is 2.01. The summed E-state index contributed by atoms with van der Waals surface area (Å²) in [4.78, 5) is 0. The van der Waals surface area contributed by atoms with Crippen LogP contribution >= 0.6 is 0 Å². The van der Waals surface area contributed by atoms with E-state index in [1.54, 1.807) is 0 Å². The van der Waals surface area contributed by atoms with Crippen molar-refractivity contribution in [3.8, 4) is 0 Å². The van der Waals surface area contributed by atoms with Crippen LogP contribution in [-0.2, 0) is 0 Å². The fourth-order valence-electron chi connectivity index (χ4n) is 0.890. The van der Waals surface area contributed by atoms with E-state index in [-0.39, 0.29) is 5.56 Å². The van der Waals surface area contributed by atoms with Gasteiger partial charge in [0.15, 0.2) is 0 Å². The van der Waals surface area contributed by atoms with Crippen LogP contribution in [0.3, 0.4) is 0 Å². The van der Waals surface area contributed by atoms with Crippen molar-refractivity contribution < 1.29 is 13.2 Å². The molecule has 0 amide bonds. The number of allylic oxidation sites excluding steroid dienone is 1. The normalized spacial score (nSPS) is 11.3. The molecule has 0 atom stereocenters. The second-order valence-electron chi connectivity index (χ2n) is 2.60. The van der Waals surface area contributed by atoms with Crippen LogP contribution in [0.4, 0.5) is 18.9 Å². The maximum Gasteiger partial charge on any atom is 0.416 e. The number of alkyl halides is 3. The quantitative estimate of drug-likeness (QED) is 0.672. The monoisotopic (exact) mass is 187 g/mol. The molecule has 0 unspecified atom stereocenters. The second-order valence-corrected chi connectivity index (χ2v) is 2.60. The summed E-state index contributed by atoms with van der Waals surface area (Å²) in [5, 5.41) is 0. The molecule has 13 heavy (non-hydrogen) atoms. The van der Waals surface area contributed by atoms with Crippen molar-refractivity contribution >= 4 is 11.3 Å². The molecule has 70 valence electrons. The molecule has 0 spiro atoms. The van der Waals surface area contributed by atoms with Gasteiger partial charge in [0.05, 0.1) is 5.57 Å². The summed E-state index contributed by atoms with van der Waals surface area (Å²) in [7, 11) is 0. The molecule has 0 aliphatic heterocycles. The van der Waals surface area contributed by atoms with Gasteiger partial charge in [-0.3, -0.25) is 0 Å². The van der Waals surface area contributed by atoms with Crippen LogP contribution in [0.5, 0.6) is 0 Å². The number of hydrogen-bond acceptors (Lipinski definition) is 1. The van der Waals surface area contributed by atoms with Gasteiger partial charge in [-0.25, -0.2) is 0 Å². The summed E-state index contributed by atoms with van der Waals surface area (Å²) in [5.74, 6) is 0. The molecule has 0 saturated heterocycles. The molecule has 2 N–H and O–H groups in total. The van der Waals surface area contributed by atoms with E-state index in [9.17, 15) is 13.2 Å². The Kier molecular flexibility index (Phi) is 2.32. The standard InChI is InChI=1S/C9H8F3N/c1-6(9(10,11)12)7-3-2-4-8(13)5-7/h2-5H,1,13H2. The number of rotatable bonds is 1. The molecule has 1 rings (SSSR count). The second kappa shape index (κ2) is 3.12. The van der Waals surface area contributed by atoms with E-state index in [0.29, 0.717) is 5.69 Å². The van der Waals surface area contributed by atoms with Crippen molar-refractivity contribution in [3.05, 3.63) is 36.4 Å². The highest BCUT2D eigenvalue weighted by atomic mass is 19.4. The van der Waals surface area contributed by atoms with Crippen LogP contribution in [0.1, 0.15) is 5.56 Å². The third-order valence-corrected chi connectivity index (χ3v) is 1.58. The first kappa shape index (κ1) is 9.64. The van der Waals surface area contributed by atoms with Gasteiger partial charge in [0.2, 0.25) is 0 Å². The highest BCUT2D eigenvalue weighted by molar-refractivity contribution is 5.69. The van der Waals surface area contributed by atoms with Gasteiger partial charge in [0, 0.05) is 5.69 Å². The number of anilines is 1. The van der Waals surface area contributed by atoms with Gasteiger partial charge in [-0.15, -0.1) is 0 Å². The first-order chi connectivity index (χ1) is 5.91. The zero-order chi connectivity index (χ0) is 10.1. The Morgan fingerprint density at radius 1 is 1.31 bits per heavy atom. The Hall–Kier alpha value is -1.45. The van der Waals surface area contributed by atoms with E-state index >= 15 is 0 Å². The lowest BCUT2D eigenvalue weighted by molar-refractivity contribution is -0.0686. The molecule has 0 heterocycles. The highest BCUT2D eigenvalue weighted by Gasteiger charge is 2.32. The lowest BCUT2D eigenvalue weighted by Gasteiger charge is -2.09. The number of nitrogen functional groups attached to an aromatic ring is 1. The van der Waals surface area contributed by atoms with Gasteiger partial charge in [-0.1, -0.05) is 18.7 Å². The Morgan fingerprint density at radius 2 is 1.92 bits per heavy atom. The predicted molar refractivity (Wildman–Crippen MR) is 45.9 cm³/mol. The first-order valence-electron chi connectivity index (χ1n) is 3.53. The maximum atomic E-state index is 12.1. The van der Waals surface area contributed by atoms with Crippen LogP contribution < -0.4 is 5.73 Å². The molecule has 0 aliphatic carbocycles. The minimum Gasteiger partial charge on any atom is -0.399 e. The molecule has 0 aliphatic rings. The SMILES string of the molecule is C=C(c1cccc(N)c1)C(F)(F)F. The van der Waals surface area contributed by atoms with Gasteiger partial charge in [0.1, 0.15) is 0 Å². The number of hydrogen-bond donors (Lipinski definition) is 1. The van der Waals surface area contributed by atoms with E-state index in [4.69, 9.17) is 5.73 Å². The lowest BCUT2D eigenvalue weighted by Crippen LogP contribution is -2.09. The van der Waals surface area contributed by atoms with E-state index < -0.39 is 11.7 Å². The highest BCUT2D eigenvalue weighted by Crippen LogP contribution is 2.32. The molecule has 0 radical (unpaired) electrons. The van der Waals surface area contributed by atoms with Crippen LogP contribution in [0.2, 0.25) is 0 Å². The van der Waals surface area contributed by atoms with Crippen molar-refractivity contribution in [3.63, 3.8) is 0 Å². The molecule has 1 aromatic rings. The molecule has 1 nitrogen and oxygen atoms in total. The molecule has 4 heteroatoms. The molecular weight excluding hydrogens is 179 g/mol. The van der Waals surface area contributed by atoms with Gasteiger partial charge in [-0.2, -0.15) is 13.2 Å². The number of benzene rings is 1. The molecule has 1 aromatic carbocycles. The van der Waals surface area contributed by atoms with Crippen molar-refractivity contribution in [1.82, 2.24) is 0 Å². The van der Waals surface area contributed by atoms with Crippen molar-refractivity contribution in [2.24, 2.45) is 0 Å². The smallest absolute Gasteiger partial charge is 0.399 e. The zero-order valence-corrected chi connectivity index (χ0v) is 6.73. The third-order valence-electron chi connectivity index (χ3n) is 1.58. The number of halogens is 3. The van der Waals surface area contributed by atoms with Gasteiger partial charge >= 0.3 is 6.18 Å². The van der Waals surface area contributed by atoms with Gasteiger partial charge < -0.3 is 5.73 Å². The summed E-state index contributed by atoms with van der Waals surface area (Å²) in [5.41, 5.74) is 4.76. The average molecular weight is 187 g/mol. The van der Waals surface area contributed by atoms with Crippen LogP contribution in [0.15, 0.2) is 30.8 Å². The topological polar surface area (TPSA) is 26.0 Å². The fraction of sp³-hybridized carbons (Fsp3) is 0.111. The summed E-state index contributed by atoms with van der Waals surface area (Å²) in [6.07, 6.45) is -4.40. The zero-order valence-electron chi connectivity index (χ0n) is 6.73. The first-order valence-corrected chi connectivity index (χ1v) is 3.53. The van der Waals surface area contributed by atoms with Gasteiger partial charge in [-0.05, 0) is 17.7 Å². The third kappa shape index (κ3) is 2.24. The molecule has 0 aromatic heterocycles. The molecular formula is C9H8F3N. The number of nitrogens with two attached hydrogens (primary N) is 1. The molecule has 0 saturated carbocycles. The van der Waals surface area contributed by atoms with E-state index in [2.05, 4.69) is 6.58 Å². The van der Waals surface area contributed by atoms with Crippen LogP contribution in [-0.4, -0.2) is 6.18 Å². The van der Waals surface area contributed by atoms with E-state index in [1.165, 1.54) is 24.3 Å². The van der Waals surface area contributed by atoms with Crippen molar-refractivity contribution in [1.29, 1.82) is 0 Å². The Labute approximate surface area is 73.7 Å². The largest absolute Gasteiger partial charge is 0.416 e. The Balaban J connectivity index is 3.03. The Morgan fingerprint density at radius 3 is 2.38 bits per heavy atom. The summed E-state index contributed by atoms with van der Waals surface area (Å²) in [6.45, 7) is 2.96. The maximum absolute atomic E-state index is 12.1. The predicted octanol–water partition coefficient (Wildman–Crippen LogP) is 2.84. The summed E-state index contributed by atoms with van der Waals surface area (Å²) in [6, 6.07) is 5.55. The van der Waals surface area contributed by atoms with E-state index in [1.807, 2.05) is 0 Å². The fourth-order valence-corrected chi connectivity index (χ4v) is 0.890. The van der Waals surface area contributed by atoms with Crippen LogP contribution in [0, 0.1) is 0 Å². The minimum atomic E-state index is -4.40. The summed E-state index contributed by atoms with van der Waals surface area (Å²) < 4.78 is 36.4. The van der Waals surface area contributed by atoms with Crippen molar-refractivity contribution in [2.75, 3.05) is 5.73 Å². The van der Waals surface area contributed by atoms with Gasteiger partial charge in [0.25, 0.3) is 0 Å². The van der Waals surface area contributed by atoms with Crippen molar-refractivity contribution in [2.45, 2.75) is 6.18 Å². The van der Waals surface area contributed by atoms with E-state index in [0.717, 1.165) is 0 Å². The Bertz CT molecular complexity index is 328. The minimum absolute atomic E-state index is 0.00694.